The van der Waals surface area contributed by atoms with Gasteiger partial charge < -0.3 is 15.0 Å². The summed E-state index contributed by atoms with van der Waals surface area (Å²) < 4.78 is 5.19. The largest absolute Gasteiger partial charge is 0.497 e. The van der Waals surface area contributed by atoms with E-state index in [0.29, 0.717) is 12.0 Å². The minimum absolute atomic E-state index is 0.0220. The Balaban J connectivity index is 1.63. The lowest BCUT2D eigenvalue weighted by atomic mass is 10.0. The molecule has 0 unspecified atom stereocenters. The number of hydrogen-bond donors (Lipinski definition) is 1. The van der Waals surface area contributed by atoms with E-state index in [1.807, 2.05) is 67.4 Å². The van der Waals surface area contributed by atoms with Crippen molar-refractivity contribution in [1.82, 2.24) is 10.2 Å². The molecular formula is C23H28N2O3. The van der Waals surface area contributed by atoms with Crippen LogP contribution in [0, 0.1) is 0 Å². The maximum atomic E-state index is 12.9. The fourth-order valence-electron chi connectivity index (χ4n) is 3.73. The third kappa shape index (κ3) is 4.53. The van der Waals surface area contributed by atoms with Gasteiger partial charge in [0.2, 0.25) is 5.91 Å². The Labute approximate surface area is 166 Å². The molecule has 5 nitrogen and oxygen atoms in total. The minimum atomic E-state index is 0.0220. The van der Waals surface area contributed by atoms with Crippen molar-refractivity contribution in [1.29, 1.82) is 0 Å². The Morgan fingerprint density at radius 3 is 2.21 bits per heavy atom. The molecule has 3 rings (SSSR count). The smallest absolute Gasteiger partial charge is 0.253 e. The van der Waals surface area contributed by atoms with Gasteiger partial charge >= 0.3 is 0 Å². The van der Waals surface area contributed by atoms with E-state index in [1.165, 1.54) is 0 Å². The molecule has 2 atom stereocenters. The number of hydrogen-bond acceptors (Lipinski definition) is 3. The lowest BCUT2D eigenvalue weighted by Crippen LogP contribution is -2.38. The molecule has 2 aromatic carbocycles. The number of nitrogens with one attached hydrogen (secondary N) is 1. The Morgan fingerprint density at radius 2 is 1.64 bits per heavy atom. The van der Waals surface area contributed by atoms with Crippen molar-refractivity contribution in [2.45, 2.75) is 44.7 Å². The van der Waals surface area contributed by atoms with E-state index in [-0.39, 0.29) is 23.9 Å². The second kappa shape index (κ2) is 8.91. The van der Waals surface area contributed by atoms with Crippen molar-refractivity contribution in [2.24, 2.45) is 0 Å². The Kier molecular flexibility index (Phi) is 6.34. The van der Waals surface area contributed by atoms with Crippen LogP contribution < -0.4 is 10.1 Å². The maximum absolute atomic E-state index is 12.9. The van der Waals surface area contributed by atoms with Gasteiger partial charge in [0, 0.05) is 31.1 Å². The quantitative estimate of drug-likeness (QED) is 0.827. The topological polar surface area (TPSA) is 58.6 Å². The molecule has 0 spiro atoms. The number of amides is 2. The Hall–Kier alpha value is -2.82. The molecule has 1 aliphatic rings. The van der Waals surface area contributed by atoms with E-state index in [1.54, 1.807) is 7.11 Å². The van der Waals surface area contributed by atoms with Crippen LogP contribution in [0.3, 0.4) is 0 Å². The van der Waals surface area contributed by atoms with E-state index in [4.69, 9.17) is 4.74 Å². The third-order valence-electron chi connectivity index (χ3n) is 5.51. The van der Waals surface area contributed by atoms with E-state index in [0.717, 1.165) is 36.1 Å². The molecule has 0 aliphatic heterocycles. The summed E-state index contributed by atoms with van der Waals surface area (Å²) in [5.41, 5.74) is 2.82. The molecule has 0 aromatic heterocycles. The van der Waals surface area contributed by atoms with Crippen LogP contribution >= 0.6 is 0 Å². The van der Waals surface area contributed by atoms with Crippen LogP contribution in [0.25, 0.3) is 11.1 Å². The molecule has 2 amide bonds. The van der Waals surface area contributed by atoms with Gasteiger partial charge in [-0.3, -0.25) is 9.59 Å². The number of nitrogens with zero attached hydrogens (tertiary/aromatic N) is 1. The summed E-state index contributed by atoms with van der Waals surface area (Å²) in [5, 5.41) is 3.04. The highest BCUT2D eigenvalue weighted by molar-refractivity contribution is 5.94. The molecule has 1 aliphatic carbocycles. The molecule has 5 heteroatoms. The maximum Gasteiger partial charge on any atom is 0.253 e. The summed E-state index contributed by atoms with van der Waals surface area (Å²) in [7, 11) is 3.50. The number of methoxy groups -OCH3 is 1. The summed E-state index contributed by atoms with van der Waals surface area (Å²) in [6.45, 7) is 1.85. The highest BCUT2D eigenvalue weighted by atomic mass is 16.5. The molecule has 2 aromatic rings. The van der Waals surface area contributed by atoms with Crippen molar-refractivity contribution in [3.05, 3.63) is 54.1 Å². The molecule has 1 N–H and O–H groups in total. The standard InChI is InChI=1S/C23H28N2O3/c1-4-22(26)24-19-11-12-20(15-19)25(2)23(27)18-7-5-16(6-8-18)17-9-13-21(28-3)14-10-17/h5-10,13-14,19-20H,4,11-12,15H2,1-3H3,(H,24,26)/t19-,20+/m0/s1. The fourth-order valence-corrected chi connectivity index (χ4v) is 3.73. The summed E-state index contributed by atoms with van der Waals surface area (Å²) >= 11 is 0. The van der Waals surface area contributed by atoms with Gasteiger partial charge in [0.25, 0.3) is 5.91 Å². The van der Waals surface area contributed by atoms with Gasteiger partial charge in [-0.15, -0.1) is 0 Å². The van der Waals surface area contributed by atoms with Crippen molar-refractivity contribution < 1.29 is 14.3 Å². The van der Waals surface area contributed by atoms with Crippen LogP contribution in [0.4, 0.5) is 0 Å². The molecule has 0 saturated heterocycles. The zero-order chi connectivity index (χ0) is 20.1. The molecule has 0 bridgehead atoms. The lowest BCUT2D eigenvalue weighted by Gasteiger charge is -2.25. The summed E-state index contributed by atoms with van der Waals surface area (Å²) in [4.78, 5) is 26.3. The van der Waals surface area contributed by atoms with Crippen molar-refractivity contribution in [3.63, 3.8) is 0 Å². The van der Waals surface area contributed by atoms with Crippen molar-refractivity contribution in [2.75, 3.05) is 14.2 Å². The molecule has 148 valence electrons. The first kappa shape index (κ1) is 19.9. The summed E-state index contributed by atoms with van der Waals surface area (Å²) in [6, 6.07) is 15.9. The molecule has 1 fully saturated rings. The Bertz CT molecular complexity index is 815. The molecule has 0 heterocycles. The van der Waals surface area contributed by atoms with Gasteiger partial charge in [0.1, 0.15) is 5.75 Å². The molecule has 0 radical (unpaired) electrons. The molecular weight excluding hydrogens is 352 g/mol. The predicted molar refractivity (Wildman–Crippen MR) is 110 cm³/mol. The molecule has 28 heavy (non-hydrogen) atoms. The van der Waals surface area contributed by atoms with E-state index < -0.39 is 0 Å². The van der Waals surface area contributed by atoms with Crippen LogP contribution in [-0.4, -0.2) is 43.0 Å². The van der Waals surface area contributed by atoms with Crippen LogP contribution in [0.15, 0.2) is 48.5 Å². The van der Waals surface area contributed by atoms with Crippen molar-refractivity contribution >= 4 is 11.8 Å². The average molecular weight is 380 g/mol. The van der Waals surface area contributed by atoms with Crippen LogP contribution in [0.5, 0.6) is 5.75 Å². The first-order valence-corrected chi connectivity index (χ1v) is 9.82. The van der Waals surface area contributed by atoms with Crippen molar-refractivity contribution in [3.8, 4) is 16.9 Å². The van der Waals surface area contributed by atoms with Gasteiger partial charge in [-0.05, 0) is 54.7 Å². The number of carbonyl (C=O) groups excluding carboxylic acids is 2. The van der Waals surface area contributed by atoms with E-state index >= 15 is 0 Å². The van der Waals surface area contributed by atoms with Crippen LogP contribution in [0.1, 0.15) is 43.0 Å². The number of benzene rings is 2. The normalized spacial score (nSPS) is 18.5. The number of ether oxygens (including phenoxy) is 1. The second-order valence-electron chi connectivity index (χ2n) is 7.31. The highest BCUT2D eigenvalue weighted by Gasteiger charge is 2.30. The highest BCUT2D eigenvalue weighted by Crippen LogP contribution is 2.26. The van der Waals surface area contributed by atoms with Gasteiger partial charge in [-0.25, -0.2) is 0 Å². The van der Waals surface area contributed by atoms with Gasteiger partial charge in [-0.2, -0.15) is 0 Å². The van der Waals surface area contributed by atoms with Crippen LogP contribution in [0.2, 0.25) is 0 Å². The van der Waals surface area contributed by atoms with E-state index in [2.05, 4.69) is 5.32 Å². The zero-order valence-corrected chi connectivity index (χ0v) is 16.8. The monoisotopic (exact) mass is 380 g/mol. The number of carbonyl (C=O) groups is 2. The molecule has 1 saturated carbocycles. The van der Waals surface area contributed by atoms with Crippen LogP contribution in [-0.2, 0) is 4.79 Å². The van der Waals surface area contributed by atoms with E-state index in [9.17, 15) is 9.59 Å². The first-order valence-electron chi connectivity index (χ1n) is 9.82. The number of rotatable bonds is 6. The van der Waals surface area contributed by atoms with Gasteiger partial charge in [0.15, 0.2) is 0 Å². The zero-order valence-electron chi connectivity index (χ0n) is 16.8. The average Bonchev–Trinajstić information content (AvgIpc) is 3.21. The summed E-state index contributed by atoms with van der Waals surface area (Å²) in [6.07, 6.45) is 3.15. The predicted octanol–water partition coefficient (Wildman–Crippen LogP) is 3.88. The summed E-state index contributed by atoms with van der Waals surface area (Å²) in [5.74, 6) is 0.921. The van der Waals surface area contributed by atoms with Gasteiger partial charge in [-0.1, -0.05) is 31.2 Å². The minimum Gasteiger partial charge on any atom is -0.497 e. The second-order valence-corrected chi connectivity index (χ2v) is 7.31. The fraction of sp³-hybridized carbons (Fsp3) is 0.391. The first-order chi connectivity index (χ1) is 13.5. The lowest BCUT2D eigenvalue weighted by molar-refractivity contribution is -0.121. The third-order valence-corrected chi connectivity index (χ3v) is 5.51. The Morgan fingerprint density at radius 1 is 1.04 bits per heavy atom. The van der Waals surface area contributed by atoms with Gasteiger partial charge in [0.05, 0.1) is 7.11 Å². The SMILES string of the molecule is CCC(=O)N[C@H]1CC[C@@H](N(C)C(=O)c2ccc(-c3ccc(OC)cc3)cc2)C1.